The van der Waals surface area contributed by atoms with Gasteiger partial charge in [0, 0.05) is 0 Å². The van der Waals surface area contributed by atoms with Gasteiger partial charge in [0.1, 0.15) is 10.9 Å². The molecule has 0 saturated carbocycles. The predicted octanol–water partition coefficient (Wildman–Crippen LogP) is 1.29. The number of rotatable bonds is 3. The minimum atomic E-state index is -0.656. The monoisotopic (exact) mass is 270 g/mol. The quantitative estimate of drug-likeness (QED) is 0.614. The second-order valence-electron chi connectivity index (χ2n) is 2.39. The Morgan fingerprint density at radius 2 is 2.20 bits per heavy atom. The standard InChI is InChI=1S/C7H5Cl3N2O3/c8-1-5(13)15-3-12-7(14)6(10)4(9)2-11-12/h2H,1,3H2. The summed E-state index contributed by atoms with van der Waals surface area (Å²) >= 11 is 16.3. The summed E-state index contributed by atoms with van der Waals surface area (Å²) in [6, 6.07) is 0. The Labute approximate surface area is 99.5 Å². The summed E-state index contributed by atoms with van der Waals surface area (Å²) in [7, 11) is 0. The van der Waals surface area contributed by atoms with Crippen molar-refractivity contribution in [3.8, 4) is 0 Å². The molecule has 1 aromatic rings. The van der Waals surface area contributed by atoms with E-state index in [9.17, 15) is 9.59 Å². The third kappa shape index (κ3) is 3.09. The molecule has 0 unspecified atom stereocenters. The average Bonchev–Trinajstić information content (AvgIpc) is 2.24. The molecule has 0 amide bonds. The first-order chi connectivity index (χ1) is 7.06. The molecule has 82 valence electrons. The molecule has 0 aromatic carbocycles. The van der Waals surface area contributed by atoms with Crippen LogP contribution in [0.15, 0.2) is 11.0 Å². The zero-order valence-corrected chi connectivity index (χ0v) is 9.51. The Morgan fingerprint density at radius 3 is 2.80 bits per heavy atom. The van der Waals surface area contributed by atoms with Crippen molar-refractivity contribution in [2.45, 2.75) is 6.73 Å². The van der Waals surface area contributed by atoms with Crippen molar-refractivity contribution in [3.05, 3.63) is 26.6 Å². The van der Waals surface area contributed by atoms with Crippen molar-refractivity contribution in [2.24, 2.45) is 0 Å². The van der Waals surface area contributed by atoms with Gasteiger partial charge in [-0.1, -0.05) is 23.2 Å². The molecule has 1 aromatic heterocycles. The minimum Gasteiger partial charge on any atom is -0.441 e. The number of carbonyl (C=O) groups is 1. The van der Waals surface area contributed by atoms with E-state index in [1.807, 2.05) is 0 Å². The van der Waals surface area contributed by atoms with Gasteiger partial charge in [0.05, 0.1) is 11.2 Å². The molecule has 0 fully saturated rings. The van der Waals surface area contributed by atoms with Crippen LogP contribution in [0.5, 0.6) is 0 Å². The van der Waals surface area contributed by atoms with Crippen molar-refractivity contribution in [2.75, 3.05) is 5.88 Å². The van der Waals surface area contributed by atoms with Crippen LogP contribution in [0, 0.1) is 0 Å². The molecule has 0 aliphatic heterocycles. The van der Waals surface area contributed by atoms with Gasteiger partial charge < -0.3 is 4.74 Å². The number of hydrogen-bond donors (Lipinski definition) is 0. The van der Waals surface area contributed by atoms with Gasteiger partial charge in [-0.05, 0) is 0 Å². The highest BCUT2D eigenvalue weighted by atomic mass is 35.5. The summed E-state index contributed by atoms with van der Waals surface area (Å²) in [5.74, 6) is -0.952. The number of alkyl halides is 1. The first kappa shape index (κ1) is 12.3. The van der Waals surface area contributed by atoms with Gasteiger partial charge in [0.15, 0.2) is 6.73 Å². The molecule has 0 aliphatic carbocycles. The molecule has 5 nitrogen and oxygen atoms in total. The van der Waals surface area contributed by atoms with Crippen LogP contribution in [0.25, 0.3) is 0 Å². The number of hydrogen-bond acceptors (Lipinski definition) is 4. The van der Waals surface area contributed by atoms with E-state index in [1.54, 1.807) is 0 Å². The molecular formula is C7H5Cl3N2O3. The summed E-state index contributed by atoms with van der Waals surface area (Å²) in [6.45, 7) is -0.346. The summed E-state index contributed by atoms with van der Waals surface area (Å²) < 4.78 is 5.44. The summed E-state index contributed by atoms with van der Waals surface area (Å²) in [5, 5.41) is 3.48. The lowest BCUT2D eigenvalue weighted by atomic mass is 10.6. The third-order valence-electron chi connectivity index (χ3n) is 1.40. The Kier molecular flexibility index (Phi) is 4.38. The van der Waals surface area contributed by atoms with Gasteiger partial charge in [-0.25, -0.2) is 0 Å². The maximum atomic E-state index is 11.4. The van der Waals surface area contributed by atoms with Crippen molar-refractivity contribution in [3.63, 3.8) is 0 Å². The van der Waals surface area contributed by atoms with E-state index in [0.29, 0.717) is 0 Å². The first-order valence-electron chi connectivity index (χ1n) is 3.69. The van der Waals surface area contributed by atoms with Crippen LogP contribution in [0.4, 0.5) is 0 Å². The molecule has 0 bridgehead atoms. The lowest BCUT2D eigenvalue weighted by Crippen LogP contribution is -2.25. The molecule has 0 atom stereocenters. The maximum Gasteiger partial charge on any atom is 0.322 e. The Bertz CT molecular complexity index is 432. The molecule has 0 spiro atoms. The minimum absolute atomic E-state index is 0.0431. The van der Waals surface area contributed by atoms with Gasteiger partial charge >= 0.3 is 5.97 Å². The number of aromatic nitrogens is 2. The average molecular weight is 271 g/mol. The van der Waals surface area contributed by atoms with Gasteiger partial charge in [-0.3, -0.25) is 9.59 Å². The molecular weight excluding hydrogens is 266 g/mol. The van der Waals surface area contributed by atoms with Crippen LogP contribution < -0.4 is 5.56 Å². The van der Waals surface area contributed by atoms with E-state index in [2.05, 4.69) is 9.84 Å². The van der Waals surface area contributed by atoms with Gasteiger partial charge in [0.25, 0.3) is 5.56 Å². The Balaban J connectivity index is 2.84. The van der Waals surface area contributed by atoms with E-state index in [0.717, 1.165) is 4.68 Å². The number of nitrogens with zero attached hydrogens (tertiary/aromatic N) is 2. The lowest BCUT2D eigenvalue weighted by Gasteiger charge is -2.05. The third-order valence-corrected chi connectivity index (χ3v) is 2.37. The molecule has 0 aliphatic rings. The first-order valence-corrected chi connectivity index (χ1v) is 4.98. The fraction of sp³-hybridized carbons (Fsp3) is 0.286. The maximum absolute atomic E-state index is 11.4. The van der Waals surface area contributed by atoms with E-state index >= 15 is 0 Å². The van der Waals surface area contributed by atoms with Crippen molar-refractivity contribution in [1.29, 1.82) is 0 Å². The predicted molar refractivity (Wildman–Crippen MR) is 55.3 cm³/mol. The van der Waals surface area contributed by atoms with Crippen molar-refractivity contribution < 1.29 is 9.53 Å². The number of ether oxygens (including phenoxy) is 1. The highest BCUT2D eigenvalue weighted by molar-refractivity contribution is 6.41. The fourth-order valence-electron chi connectivity index (χ4n) is 0.709. The molecule has 0 radical (unpaired) electrons. The molecule has 1 rings (SSSR count). The second kappa shape index (κ2) is 5.34. The SMILES string of the molecule is O=C(CCl)OCn1ncc(Cl)c(Cl)c1=O. The van der Waals surface area contributed by atoms with Gasteiger partial charge in [-0.2, -0.15) is 9.78 Å². The molecule has 0 saturated heterocycles. The number of esters is 1. The highest BCUT2D eigenvalue weighted by Crippen LogP contribution is 2.14. The molecule has 8 heteroatoms. The number of halogens is 3. The van der Waals surface area contributed by atoms with Crippen LogP contribution >= 0.6 is 34.8 Å². The molecule has 0 N–H and O–H groups in total. The zero-order chi connectivity index (χ0) is 11.4. The van der Waals surface area contributed by atoms with E-state index in [-0.39, 0.29) is 22.7 Å². The van der Waals surface area contributed by atoms with Gasteiger partial charge in [0.2, 0.25) is 0 Å². The van der Waals surface area contributed by atoms with Crippen LogP contribution in [-0.4, -0.2) is 21.6 Å². The van der Waals surface area contributed by atoms with E-state index in [1.165, 1.54) is 6.20 Å². The van der Waals surface area contributed by atoms with Crippen molar-refractivity contribution >= 4 is 40.8 Å². The van der Waals surface area contributed by atoms with Crippen LogP contribution in [0.2, 0.25) is 10.0 Å². The van der Waals surface area contributed by atoms with E-state index < -0.39 is 11.5 Å². The largest absolute Gasteiger partial charge is 0.441 e. The van der Waals surface area contributed by atoms with Crippen LogP contribution in [0.3, 0.4) is 0 Å². The smallest absolute Gasteiger partial charge is 0.322 e. The lowest BCUT2D eigenvalue weighted by molar-refractivity contribution is -0.144. The summed E-state index contributed by atoms with van der Waals surface area (Å²) in [5.41, 5.74) is -0.633. The molecule has 1 heterocycles. The zero-order valence-electron chi connectivity index (χ0n) is 7.24. The highest BCUT2D eigenvalue weighted by Gasteiger charge is 2.08. The normalized spacial score (nSPS) is 10.1. The second-order valence-corrected chi connectivity index (χ2v) is 3.44. The Hall–Kier alpha value is -0.780. The van der Waals surface area contributed by atoms with Crippen molar-refractivity contribution in [1.82, 2.24) is 9.78 Å². The number of carbonyl (C=O) groups excluding carboxylic acids is 1. The Morgan fingerprint density at radius 1 is 1.53 bits per heavy atom. The fourth-order valence-corrected chi connectivity index (χ4v) is 1.06. The van der Waals surface area contributed by atoms with Crippen LogP contribution in [0.1, 0.15) is 0 Å². The topological polar surface area (TPSA) is 61.2 Å². The molecule has 15 heavy (non-hydrogen) atoms. The van der Waals surface area contributed by atoms with E-state index in [4.69, 9.17) is 34.8 Å². The summed E-state index contributed by atoms with van der Waals surface area (Å²) in [4.78, 5) is 22.0. The summed E-state index contributed by atoms with van der Waals surface area (Å²) in [6.07, 6.45) is 1.18. The van der Waals surface area contributed by atoms with Crippen LogP contribution in [-0.2, 0) is 16.3 Å². The van der Waals surface area contributed by atoms with Gasteiger partial charge in [-0.15, -0.1) is 11.6 Å².